The van der Waals surface area contributed by atoms with Gasteiger partial charge in [-0.05, 0) is 13.8 Å². The van der Waals surface area contributed by atoms with Crippen LogP contribution in [-0.4, -0.2) is 104 Å². The van der Waals surface area contributed by atoms with Crippen molar-refractivity contribution in [1.82, 2.24) is 20.4 Å². The molecule has 0 radical (unpaired) electrons. The lowest BCUT2D eigenvalue weighted by Gasteiger charge is -2.33. The summed E-state index contributed by atoms with van der Waals surface area (Å²) in [5.74, 6) is -9.10. The van der Waals surface area contributed by atoms with E-state index in [1.54, 1.807) is 0 Å². The molecule has 0 bridgehead atoms. The highest BCUT2D eigenvalue weighted by Gasteiger charge is 2.39. The zero-order chi connectivity index (χ0) is 28.8. The lowest BCUT2D eigenvalue weighted by Crippen LogP contribution is -2.58. The fourth-order valence-electron chi connectivity index (χ4n) is 3.38. The fourth-order valence-corrected chi connectivity index (χ4v) is 3.38. The van der Waals surface area contributed by atoms with Crippen LogP contribution in [0.5, 0.6) is 0 Å². The van der Waals surface area contributed by atoms with Gasteiger partial charge in [-0.3, -0.25) is 38.6 Å². The van der Waals surface area contributed by atoms with E-state index in [-0.39, 0.29) is 12.8 Å². The van der Waals surface area contributed by atoms with Crippen LogP contribution in [0.15, 0.2) is 24.3 Å². The number of imide groups is 2. The quantitative estimate of drug-likeness (QED) is 0.113. The van der Waals surface area contributed by atoms with Gasteiger partial charge in [0.05, 0.1) is 13.2 Å². The molecule has 4 atom stereocenters. The van der Waals surface area contributed by atoms with E-state index in [9.17, 15) is 44.1 Å². The van der Waals surface area contributed by atoms with Gasteiger partial charge in [0.1, 0.15) is 18.2 Å². The molecule has 0 fully saturated rings. The molecule has 0 saturated carbocycles. The van der Waals surface area contributed by atoms with E-state index in [2.05, 4.69) is 10.6 Å². The molecule has 6 amide bonds. The number of hydrogen-bond donors (Lipinski definition) is 5. The summed E-state index contributed by atoms with van der Waals surface area (Å²) in [6, 6.07) is -2.51. The maximum absolute atomic E-state index is 12.5. The van der Waals surface area contributed by atoms with Gasteiger partial charge in [0, 0.05) is 37.1 Å². The summed E-state index contributed by atoms with van der Waals surface area (Å²) in [4.78, 5) is 73.5. The number of rotatable bonds is 14. The van der Waals surface area contributed by atoms with E-state index in [4.69, 9.17) is 9.47 Å². The molecule has 210 valence electrons. The molecule has 0 aromatic carbocycles. The third-order valence-corrected chi connectivity index (χ3v) is 5.84. The Labute approximate surface area is 218 Å². The summed E-state index contributed by atoms with van der Waals surface area (Å²) in [5.41, 5.74) is 0. The summed E-state index contributed by atoms with van der Waals surface area (Å²) in [6.45, 7) is 4.27. The first-order valence-corrected chi connectivity index (χ1v) is 11.8. The standard InChI is InChI=1S/C23H32N4O11/c1-5-22(35,24-20(33)13(3)26-16(29)7-8-17(26)30)37-11-15(28)12-38-23(36,6-2)25-21(34)14(4)27-18(31)9-10-19(27)32/h7-10,13-15,28,35-36H,5-6,11-12H2,1-4H3,(H,24,33)(H,25,34). The summed E-state index contributed by atoms with van der Waals surface area (Å²) < 4.78 is 10.4. The van der Waals surface area contributed by atoms with Gasteiger partial charge in [0.25, 0.3) is 23.6 Å². The van der Waals surface area contributed by atoms with Gasteiger partial charge in [-0.1, -0.05) is 13.8 Å². The first-order chi connectivity index (χ1) is 17.7. The molecule has 38 heavy (non-hydrogen) atoms. The van der Waals surface area contributed by atoms with Crippen LogP contribution >= 0.6 is 0 Å². The van der Waals surface area contributed by atoms with Gasteiger partial charge >= 0.3 is 0 Å². The highest BCUT2D eigenvalue weighted by molar-refractivity contribution is 6.15. The second-order valence-corrected chi connectivity index (χ2v) is 8.64. The largest absolute Gasteiger partial charge is 0.388 e. The molecule has 0 aliphatic carbocycles. The third-order valence-electron chi connectivity index (χ3n) is 5.84. The van der Waals surface area contributed by atoms with E-state index >= 15 is 0 Å². The second-order valence-electron chi connectivity index (χ2n) is 8.64. The van der Waals surface area contributed by atoms with Crippen LogP contribution < -0.4 is 10.6 Å². The highest BCUT2D eigenvalue weighted by atomic mass is 16.7. The van der Waals surface area contributed by atoms with Gasteiger partial charge in [0.15, 0.2) is 0 Å². The summed E-state index contributed by atoms with van der Waals surface area (Å²) in [6.07, 6.45) is 2.20. The van der Waals surface area contributed by atoms with Gasteiger partial charge in [0.2, 0.25) is 23.6 Å². The first-order valence-electron chi connectivity index (χ1n) is 11.8. The molecule has 0 aromatic rings. The van der Waals surface area contributed by atoms with Crippen LogP contribution in [0.4, 0.5) is 0 Å². The number of carbonyl (C=O) groups is 6. The van der Waals surface area contributed by atoms with Crippen molar-refractivity contribution in [3.05, 3.63) is 24.3 Å². The Morgan fingerprint density at radius 3 is 1.32 bits per heavy atom. The van der Waals surface area contributed by atoms with Crippen LogP contribution in [0.25, 0.3) is 0 Å². The molecule has 0 aromatic heterocycles. The molecule has 5 N–H and O–H groups in total. The fraction of sp³-hybridized carbons (Fsp3) is 0.565. The molecule has 0 spiro atoms. The van der Waals surface area contributed by atoms with Gasteiger partial charge in [-0.2, -0.15) is 0 Å². The normalized spacial score (nSPS) is 20.8. The van der Waals surface area contributed by atoms with E-state index in [0.717, 1.165) is 24.3 Å². The van der Waals surface area contributed by atoms with E-state index < -0.39 is 78.7 Å². The second kappa shape index (κ2) is 12.4. The SMILES string of the molecule is CCC(O)(NC(=O)C(C)N1C(=O)C=CC1=O)OCC(O)COC(O)(CC)NC(=O)C(C)N1C(=O)C=CC1=O. The molecule has 15 heteroatoms. The molecule has 2 aliphatic rings. The Bertz CT molecular complexity index is 928. The Morgan fingerprint density at radius 2 is 1.05 bits per heavy atom. The topological polar surface area (TPSA) is 212 Å². The van der Waals surface area contributed by atoms with Crippen molar-refractivity contribution in [2.45, 2.75) is 70.5 Å². The van der Waals surface area contributed by atoms with Crippen LogP contribution in [0.2, 0.25) is 0 Å². The van der Waals surface area contributed by atoms with Crippen molar-refractivity contribution in [2.24, 2.45) is 0 Å². The van der Waals surface area contributed by atoms with Crippen LogP contribution in [0.3, 0.4) is 0 Å². The molecular formula is C23H32N4O11. The maximum atomic E-state index is 12.5. The Kier molecular flexibility index (Phi) is 9.99. The molecule has 2 heterocycles. The number of amides is 6. The van der Waals surface area contributed by atoms with Gasteiger partial charge in [-0.25, -0.2) is 0 Å². The molecule has 2 aliphatic heterocycles. The Morgan fingerprint density at radius 1 is 0.763 bits per heavy atom. The summed E-state index contributed by atoms with van der Waals surface area (Å²) >= 11 is 0. The van der Waals surface area contributed by atoms with Crippen molar-refractivity contribution < 1.29 is 53.6 Å². The number of ether oxygens (including phenoxy) is 2. The van der Waals surface area contributed by atoms with Gasteiger partial charge in [-0.15, -0.1) is 0 Å². The number of carbonyl (C=O) groups excluding carboxylic acids is 6. The minimum atomic E-state index is -2.28. The monoisotopic (exact) mass is 540 g/mol. The number of nitrogens with zero attached hydrogens (tertiary/aromatic N) is 2. The minimum absolute atomic E-state index is 0.186. The average molecular weight is 541 g/mol. The predicted molar refractivity (Wildman–Crippen MR) is 126 cm³/mol. The smallest absolute Gasteiger partial charge is 0.254 e. The van der Waals surface area contributed by atoms with E-state index in [1.165, 1.54) is 27.7 Å². The zero-order valence-electron chi connectivity index (χ0n) is 21.4. The summed E-state index contributed by atoms with van der Waals surface area (Å²) in [5, 5.41) is 35.7. The van der Waals surface area contributed by atoms with Crippen molar-refractivity contribution >= 4 is 35.4 Å². The lowest BCUT2D eigenvalue weighted by molar-refractivity contribution is -0.257. The lowest BCUT2D eigenvalue weighted by atomic mass is 10.2. The minimum Gasteiger partial charge on any atom is -0.388 e. The highest BCUT2D eigenvalue weighted by Crippen LogP contribution is 2.16. The third kappa shape index (κ3) is 7.29. The predicted octanol–water partition coefficient (Wildman–Crippen LogP) is -2.65. The van der Waals surface area contributed by atoms with Crippen LogP contribution in [-0.2, 0) is 38.2 Å². The van der Waals surface area contributed by atoms with E-state index in [1.807, 2.05) is 0 Å². The molecule has 15 nitrogen and oxygen atoms in total. The van der Waals surface area contributed by atoms with Crippen molar-refractivity contribution in [3.63, 3.8) is 0 Å². The molecule has 2 rings (SSSR count). The Balaban J connectivity index is 1.88. The number of nitrogens with one attached hydrogen (secondary N) is 2. The van der Waals surface area contributed by atoms with Gasteiger partial charge < -0.3 is 35.4 Å². The number of aliphatic hydroxyl groups is 3. The van der Waals surface area contributed by atoms with Crippen molar-refractivity contribution in [2.75, 3.05) is 13.2 Å². The van der Waals surface area contributed by atoms with E-state index in [0.29, 0.717) is 9.80 Å². The number of aliphatic hydroxyl groups excluding tert-OH is 1. The maximum Gasteiger partial charge on any atom is 0.254 e. The first kappa shape index (κ1) is 30.7. The zero-order valence-corrected chi connectivity index (χ0v) is 21.4. The average Bonchev–Trinajstić information content (AvgIpc) is 3.39. The van der Waals surface area contributed by atoms with Crippen molar-refractivity contribution in [1.29, 1.82) is 0 Å². The molecule has 4 unspecified atom stereocenters. The van der Waals surface area contributed by atoms with Crippen LogP contribution in [0, 0.1) is 0 Å². The van der Waals surface area contributed by atoms with Crippen molar-refractivity contribution in [3.8, 4) is 0 Å². The Hall–Kier alpha value is -3.50. The molecular weight excluding hydrogens is 508 g/mol. The number of hydrogen-bond acceptors (Lipinski definition) is 11. The van der Waals surface area contributed by atoms with Crippen LogP contribution in [0.1, 0.15) is 40.5 Å². The molecule has 0 saturated heterocycles. The summed E-state index contributed by atoms with van der Waals surface area (Å²) in [7, 11) is 0.